The highest BCUT2D eigenvalue weighted by Gasteiger charge is 2.52. The molecule has 0 unspecified atom stereocenters. The minimum atomic E-state index is -1.43. The summed E-state index contributed by atoms with van der Waals surface area (Å²) in [6.07, 6.45) is -7.26. The van der Waals surface area contributed by atoms with Gasteiger partial charge in [-0.1, -0.05) is 24.3 Å². The van der Waals surface area contributed by atoms with Crippen LogP contribution in [-0.4, -0.2) is 66.2 Å². The van der Waals surface area contributed by atoms with Crippen LogP contribution in [0.15, 0.2) is 24.3 Å². The molecule has 1 aliphatic heterocycles. The van der Waals surface area contributed by atoms with Crippen molar-refractivity contribution in [2.45, 2.75) is 64.8 Å². The molecular formula is C22H26O12. The van der Waals surface area contributed by atoms with Gasteiger partial charge in [0, 0.05) is 27.7 Å². The maximum Gasteiger partial charge on any atom is 0.506 e. The van der Waals surface area contributed by atoms with E-state index in [1.54, 1.807) is 24.3 Å². The highest BCUT2D eigenvalue weighted by Crippen LogP contribution is 2.37. The fraction of sp³-hybridized carbons (Fsp3) is 0.500. The predicted octanol–water partition coefficient (Wildman–Crippen LogP) is 1.68. The Hall–Kier alpha value is -3.67. The summed E-state index contributed by atoms with van der Waals surface area (Å²) in [6, 6.07) is 6.32. The van der Waals surface area contributed by atoms with Gasteiger partial charge in [0.1, 0.15) is 25.4 Å². The molecule has 1 N–H and O–H groups in total. The van der Waals surface area contributed by atoms with E-state index in [1.807, 2.05) is 0 Å². The van der Waals surface area contributed by atoms with Crippen LogP contribution < -0.4 is 0 Å². The first-order valence-electron chi connectivity index (χ1n) is 10.2. The number of carbonyl (C=O) groups is 5. The highest BCUT2D eigenvalue weighted by molar-refractivity contribution is 5.69. The number of benzene rings is 1. The molecule has 1 aromatic carbocycles. The van der Waals surface area contributed by atoms with Crippen molar-refractivity contribution in [1.82, 2.24) is 0 Å². The zero-order valence-corrected chi connectivity index (χ0v) is 19.0. The van der Waals surface area contributed by atoms with Crippen LogP contribution in [0.2, 0.25) is 0 Å². The Balaban J connectivity index is 2.47. The SMILES string of the molecule is CC(=O)OC[C@H]1O[C@@H](c2ccc(COC(=O)O)cc2)[C@H](OC(C)=O)[C@@H](OC(C)=O)[C@@H]1OC(C)=O. The quantitative estimate of drug-likeness (QED) is 0.422. The third-order valence-corrected chi connectivity index (χ3v) is 4.66. The average Bonchev–Trinajstić information content (AvgIpc) is 2.73. The number of carbonyl (C=O) groups excluding carboxylic acids is 4. The van der Waals surface area contributed by atoms with Gasteiger partial charge in [-0.05, 0) is 11.1 Å². The molecule has 34 heavy (non-hydrogen) atoms. The molecule has 0 amide bonds. The van der Waals surface area contributed by atoms with Gasteiger partial charge in [0.15, 0.2) is 18.3 Å². The standard InChI is InChI=1S/C22H26O12/c1-11(23)29-10-17-19(31-12(2)24)21(33-14(4)26)20(32-13(3)25)18(34-17)16-7-5-15(6-8-16)9-30-22(27)28/h5-8,17-21H,9-10H2,1-4H3,(H,27,28)/t17-,18+,19-,20+,21+/m1/s1. The molecule has 2 rings (SSSR count). The summed E-state index contributed by atoms with van der Waals surface area (Å²) in [6.45, 7) is 4.09. The molecule has 1 heterocycles. The molecule has 0 aliphatic carbocycles. The maximum atomic E-state index is 11.9. The second kappa shape index (κ2) is 12.0. The zero-order chi connectivity index (χ0) is 25.4. The number of hydrogen-bond acceptors (Lipinski definition) is 11. The van der Waals surface area contributed by atoms with Crippen molar-refractivity contribution < 1.29 is 57.5 Å². The lowest BCUT2D eigenvalue weighted by Crippen LogP contribution is -2.59. The van der Waals surface area contributed by atoms with Crippen molar-refractivity contribution in [2.75, 3.05) is 6.61 Å². The smallest absolute Gasteiger partial charge is 0.463 e. The monoisotopic (exact) mass is 482 g/mol. The summed E-state index contributed by atoms with van der Waals surface area (Å²) in [5.74, 6) is -2.77. The molecule has 5 atom stereocenters. The largest absolute Gasteiger partial charge is 0.506 e. The first-order valence-corrected chi connectivity index (χ1v) is 10.2. The first kappa shape index (κ1) is 26.6. The average molecular weight is 482 g/mol. The van der Waals surface area contributed by atoms with Gasteiger partial charge < -0.3 is 33.5 Å². The van der Waals surface area contributed by atoms with Crippen LogP contribution in [-0.2, 0) is 54.2 Å². The minimum absolute atomic E-state index is 0.186. The Morgan fingerprint density at radius 2 is 1.29 bits per heavy atom. The Morgan fingerprint density at radius 1 is 0.765 bits per heavy atom. The topological polar surface area (TPSA) is 161 Å². The second-order valence-electron chi connectivity index (χ2n) is 7.42. The first-order chi connectivity index (χ1) is 16.0. The van der Waals surface area contributed by atoms with Gasteiger partial charge in [-0.3, -0.25) is 19.2 Å². The van der Waals surface area contributed by atoms with Crippen molar-refractivity contribution in [3.63, 3.8) is 0 Å². The van der Waals surface area contributed by atoms with E-state index in [2.05, 4.69) is 4.74 Å². The molecule has 12 nitrogen and oxygen atoms in total. The van der Waals surface area contributed by atoms with Gasteiger partial charge >= 0.3 is 30.0 Å². The lowest BCUT2D eigenvalue weighted by Gasteiger charge is -2.44. The van der Waals surface area contributed by atoms with E-state index < -0.39 is 60.6 Å². The summed E-state index contributed by atoms with van der Waals surface area (Å²) >= 11 is 0. The molecule has 12 heteroatoms. The molecular weight excluding hydrogens is 456 g/mol. The molecule has 1 aliphatic rings. The van der Waals surface area contributed by atoms with Gasteiger partial charge in [0.05, 0.1) is 0 Å². The number of ether oxygens (including phenoxy) is 6. The van der Waals surface area contributed by atoms with Gasteiger partial charge in [-0.25, -0.2) is 4.79 Å². The molecule has 0 aromatic heterocycles. The summed E-state index contributed by atoms with van der Waals surface area (Å²) < 4.78 is 31.8. The molecule has 0 saturated carbocycles. The van der Waals surface area contributed by atoms with Crippen molar-refractivity contribution >= 4 is 30.0 Å². The Labute approximate surface area is 195 Å². The second-order valence-corrected chi connectivity index (χ2v) is 7.42. The number of carboxylic acid groups (broad SMARTS) is 1. The van der Waals surface area contributed by atoms with E-state index >= 15 is 0 Å². The molecule has 1 saturated heterocycles. The maximum absolute atomic E-state index is 11.9. The fourth-order valence-electron chi connectivity index (χ4n) is 3.45. The molecule has 1 fully saturated rings. The van der Waals surface area contributed by atoms with Crippen LogP contribution in [0.25, 0.3) is 0 Å². The number of hydrogen-bond donors (Lipinski definition) is 1. The summed E-state index contributed by atoms with van der Waals surface area (Å²) in [5.41, 5.74) is 1.01. The molecule has 186 valence electrons. The van der Waals surface area contributed by atoms with E-state index in [0.717, 1.165) is 20.8 Å². The van der Waals surface area contributed by atoms with E-state index in [1.165, 1.54) is 6.92 Å². The highest BCUT2D eigenvalue weighted by atomic mass is 16.7. The molecule has 1 aromatic rings. The number of rotatable bonds is 8. The van der Waals surface area contributed by atoms with Gasteiger partial charge in [0.25, 0.3) is 0 Å². The Bertz CT molecular complexity index is 909. The van der Waals surface area contributed by atoms with Crippen LogP contribution in [0.4, 0.5) is 4.79 Å². The Morgan fingerprint density at radius 3 is 1.79 bits per heavy atom. The fourth-order valence-corrected chi connectivity index (χ4v) is 3.45. The van der Waals surface area contributed by atoms with Crippen molar-refractivity contribution in [3.8, 4) is 0 Å². The van der Waals surface area contributed by atoms with Crippen LogP contribution in [0, 0.1) is 0 Å². The van der Waals surface area contributed by atoms with E-state index in [-0.39, 0.29) is 13.2 Å². The van der Waals surface area contributed by atoms with E-state index in [4.69, 9.17) is 28.8 Å². The van der Waals surface area contributed by atoms with Gasteiger partial charge in [-0.15, -0.1) is 0 Å². The number of esters is 4. The van der Waals surface area contributed by atoms with Crippen LogP contribution in [0.1, 0.15) is 44.9 Å². The lowest BCUT2D eigenvalue weighted by molar-refractivity contribution is -0.254. The van der Waals surface area contributed by atoms with Crippen molar-refractivity contribution in [3.05, 3.63) is 35.4 Å². The van der Waals surface area contributed by atoms with Crippen LogP contribution in [0.3, 0.4) is 0 Å². The third kappa shape index (κ3) is 7.73. The molecule has 0 bridgehead atoms. The van der Waals surface area contributed by atoms with Crippen LogP contribution >= 0.6 is 0 Å². The van der Waals surface area contributed by atoms with E-state index in [9.17, 15) is 24.0 Å². The van der Waals surface area contributed by atoms with Gasteiger partial charge in [0.2, 0.25) is 0 Å². The minimum Gasteiger partial charge on any atom is -0.463 e. The Kier molecular flexibility index (Phi) is 9.36. The normalized spacial score (nSPS) is 23.8. The van der Waals surface area contributed by atoms with Crippen LogP contribution in [0.5, 0.6) is 0 Å². The van der Waals surface area contributed by atoms with Crippen molar-refractivity contribution in [1.29, 1.82) is 0 Å². The summed E-state index contributed by atoms with van der Waals surface area (Å²) in [5, 5.41) is 8.66. The molecule has 0 radical (unpaired) electrons. The zero-order valence-electron chi connectivity index (χ0n) is 19.0. The summed E-state index contributed by atoms with van der Waals surface area (Å²) in [4.78, 5) is 57.5. The predicted molar refractivity (Wildman–Crippen MR) is 110 cm³/mol. The van der Waals surface area contributed by atoms with Crippen molar-refractivity contribution in [2.24, 2.45) is 0 Å². The van der Waals surface area contributed by atoms with Gasteiger partial charge in [-0.2, -0.15) is 0 Å². The lowest BCUT2D eigenvalue weighted by atomic mass is 9.90. The molecule has 0 spiro atoms. The third-order valence-electron chi connectivity index (χ3n) is 4.66. The van der Waals surface area contributed by atoms with E-state index in [0.29, 0.717) is 11.1 Å². The summed E-state index contributed by atoms with van der Waals surface area (Å²) in [7, 11) is 0.